The van der Waals surface area contributed by atoms with Gasteiger partial charge in [0, 0.05) is 24.8 Å². The predicted octanol–water partition coefficient (Wildman–Crippen LogP) is 3.98. The number of hydrogen-bond acceptors (Lipinski definition) is 3. The van der Waals surface area contributed by atoms with E-state index in [0.717, 1.165) is 30.6 Å². The van der Waals surface area contributed by atoms with Crippen molar-refractivity contribution >= 4 is 17.4 Å². The van der Waals surface area contributed by atoms with Crippen LogP contribution < -0.4 is 5.32 Å². The van der Waals surface area contributed by atoms with Crippen molar-refractivity contribution in [2.75, 3.05) is 6.54 Å². The molecule has 1 atom stereocenters. The maximum absolute atomic E-state index is 12.6. The van der Waals surface area contributed by atoms with Gasteiger partial charge in [-0.05, 0) is 47.4 Å². The average Bonchev–Trinajstić information content (AvgIpc) is 3.41. The number of aromatic nitrogens is 2. The van der Waals surface area contributed by atoms with E-state index in [9.17, 15) is 4.79 Å². The summed E-state index contributed by atoms with van der Waals surface area (Å²) in [6.07, 6.45) is 5.85. The van der Waals surface area contributed by atoms with Gasteiger partial charge in [-0.3, -0.25) is 0 Å². The van der Waals surface area contributed by atoms with Gasteiger partial charge in [0.25, 0.3) is 0 Å². The molecular weight excluding hydrogens is 332 g/mol. The number of rotatable bonds is 4. The third kappa shape index (κ3) is 3.44. The lowest BCUT2D eigenvalue weighted by Gasteiger charge is -2.24. The Bertz CT molecular complexity index is 828. The highest BCUT2D eigenvalue weighted by Crippen LogP contribution is 2.32. The lowest BCUT2D eigenvalue weighted by atomic mass is 10.1. The Morgan fingerprint density at radius 1 is 1.28 bits per heavy atom. The summed E-state index contributed by atoms with van der Waals surface area (Å²) in [5.74, 6) is 0. The first kappa shape index (κ1) is 15.9. The maximum Gasteiger partial charge on any atom is 0.318 e. The number of likely N-dealkylation sites (tertiary alicyclic amines) is 1. The molecule has 128 valence electrons. The first-order chi connectivity index (χ1) is 12.3. The van der Waals surface area contributed by atoms with Gasteiger partial charge in [-0.1, -0.05) is 18.2 Å². The molecule has 1 aromatic carbocycles. The molecular formula is C19H20N4OS. The zero-order valence-electron chi connectivity index (χ0n) is 13.8. The van der Waals surface area contributed by atoms with Crippen molar-refractivity contribution < 1.29 is 4.79 Å². The normalized spacial score (nSPS) is 17.0. The van der Waals surface area contributed by atoms with E-state index in [2.05, 4.69) is 27.2 Å². The summed E-state index contributed by atoms with van der Waals surface area (Å²) in [7, 11) is 0. The highest BCUT2D eigenvalue weighted by molar-refractivity contribution is 7.07. The van der Waals surface area contributed by atoms with E-state index < -0.39 is 0 Å². The van der Waals surface area contributed by atoms with E-state index in [1.54, 1.807) is 17.5 Å². The molecule has 2 amide bonds. The zero-order valence-corrected chi connectivity index (χ0v) is 14.7. The predicted molar refractivity (Wildman–Crippen MR) is 98.8 cm³/mol. The summed E-state index contributed by atoms with van der Waals surface area (Å²) in [6, 6.07) is 12.3. The Balaban J connectivity index is 1.38. The molecule has 1 aliphatic heterocycles. The molecule has 1 saturated heterocycles. The molecule has 5 nitrogen and oxygen atoms in total. The Morgan fingerprint density at radius 3 is 2.96 bits per heavy atom. The Morgan fingerprint density at radius 2 is 2.16 bits per heavy atom. The van der Waals surface area contributed by atoms with Gasteiger partial charge in [0.1, 0.15) is 0 Å². The SMILES string of the molecule is O=C(NCc1cnn(-c2ccccc2)c1)N1CCCC1c1ccsc1. The first-order valence-corrected chi connectivity index (χ1v) is 9.41. The highest BCUT2D eigenvalue weighted by Gasteiger charge is 2.29. The molecule has 0 saturated carbocycles. The summed E-state index contributed by atoms with van der Waals surface area (Å²) < 4.78 is 1.82. The quantitative estimate of drug-likeness (QED) is 0.772. The van der Waals surface area contributed by atoms with Gasteiger partial charge >= 0.3 is 6.03 Å². The topological polar surface area (TPSA) is 50.2 Å². The van der Waals surface area contributed by atoms with Gasteiger partial charge in [-0.2, -0.15) is 16.4 Å². The zero-order chi connectivity index (χ0) is 17.1. The lowest BCUT2D eigenvalue weighted by Crippen LogP contribution is -2.39. The number of carbonyl (C=O) groups excluding carboxylic acids is 1. The molecule has 1 unspecified atom stereocenters. The largest absolute Gasteiger partial charge is 0.334 e. The average molecular weight is 352 g/mol. The van der Waals surface area contributed by atoms with Crippen LogP contribution in [0.4, 0.5) is 4.79 Å². The Kier molecular flexibility index (Phi) is 4.52. The molecule has 1 fully saturated rings. The van der Waals surface area contributed by atoms with Crippen LogP contribution in [0.15, 0.2) is 59.6 Å². The molecule has 0 aliphatic carbocycles. The van der Waals surface area contributed by atoms with Gasteiger partial charge in [-0.15, -0.1) is 0 Å². The molecule has 3 heterocycles. The van der Waals surface area contributed by atoms with Crippen LogP contribution in [-0.4, -0.2) is 27.3 Å². The fraction of sp³-hybridized carbons (Fsp3) is 0.263. The van der Waals surface area contributed by atoms with Gasteiger partial charge in [0.15, 0.2) is 0 Å². The minimum Gasteiger partial charge on any atom is -0.334 e. The minimum atomic E-state index is 0.00108. The van der Waals surface area contributed by atoms with Crippen molar-refractivity contribution in [2.24, 2.45) is 0 Å². The third-order valence-electron chi connectivity index (χ3n) is 4.54. The monoisotopic (exact) mass is 352 g/mol. The highest BCUT2D eigenvalue weighted by atomic mass is 32.1. The van der Waals surface area contributed by atoms with Crippen LogP contribution in [0.3, 0.4) is 0 Å². The molecule has 1 aliphatic rings. The summed E-state index contributed by atoms with van der Waals surface area (Å²) in [6.45, 7) is 1.30. The van der Waals surface area contributed by atoms with E-state index in [0.29, 0.717) is 6.54 Å². The van der Waals surface area contributed by atoms with Gasteiger partial charge in [0.2, 0.25) is 0 Å². The lowest BCUT2D eigenvalue weighted by molar-refractivity contribution is 0.192. The van der Waals surface area contributed by atoms with Crippen molar-refractivity contribution in [1.82, 2.24) is 20.0 Å². The van der Waals surface area contributed by atoms with Crippen LogP contribution in [0.25, 0.3) is 5.69 Å². The van der Waals surface area contributed by atoms with Crippen LogP contribution in [0.1, 0.15) is 30.0 Å². The van der Waals surface area contributed by atoms with Crippen LogP contribution in [-0.2, 0) is 6.54 Å². The number of urea groups is 1. The standard InChI is InChI=1S/C19H20N4OS/c24-19(22-9-4-7-18(22)16-8-10-25-14-16)20-11-15-12-21-23(13-15)17-5-2-1-3-6-17/h1-3,5-6,8,10,12-14,18H,4,7,9,11H2,(H,20,24). The first-order valence-electron chi connectivity index (χ1n) is 8.47. The van der Waals surface area contributed by atoms with Crippen LogP contribution in [0.2, 0.25) is 0 Å². The second-order valence-electron chi connectivity index (χ2n) is 6.20. The Labute approximate surface area is 150 Å². The molecule has 3 aromatic rings. The van der Waals surface area contributed by atoms with Crippen molar-refractivity contribution in [3.63, 3.8) is 0 Å². The summed E-state index contributed by atoms with van der Waals surface area (Å²) >= 11 is 1.68. The Hall–Kier alpha value is -2.60. The number of hydrogen-bond donors (Lipinski definition) is 1. The molecule has 6 heteroatoms. The molecule has 0 bridgehead atoms. The fourth-order valence-corrected chi connectivity index (χ4v) is 3.98. The molecule has 25 heavy (non-hydrogen) atoms. The number of para-hydroxylation sites is 1. The molecule has 1 N–H and O–H groups in total. The van der Waals surface area contributed by atoms with E-state index in [4.69, 9.17) is 0 Å². The van der Waals surface area contributed by atoms with E-state index in [1.165, 1.54) is 5.56 Å². The van der Waals surface area contributed by atoms with Crippen LogP contribution >= 0.6 is 11.3 Å². The van der Waals surface area contributed by atoms with Crippen molar-refractivity contribution in [3.8, 4) is 5.69 Å². The number of benzene rings is 1. The number of nitrogens with zero attached hydrogens (tertiary/aromatic N) is 3. The van der Waals surface area contributed by atoms with Gasteiger partial charge < -0.3 is 10.2 Å². The van der Waals surface area contributed by atoms with Crippen LogP contribution in [0, 0.1) is 0 Å². The molecule has 0 spiro atoms. The smallest absolute Gasteiger partial charge is 0.318 e. The fourth-order valence-electron chi connectivity index (χ4n) is 3.27. The third-order valence-corrected chi connectivity index (χ3v) is 5.24. The maximum atomic E-state index is 12.6. The van der Waals surface area contributed by atoms with Crippen molar-refractivity contribution in [3.05, 3.63) is 70.7 Å². The van der Waals surface area contributed by atoms with Crippen molar-refractivity contribution in [1.29, 1.82) is 0 Å². The summed E-state index contributed by atoms with van der Waals surface area (Å²) in [5.41, 5.74) is 3.25. The van der Waals surface area contributed by atoms with E-state index in [-0.39, 0.29) is 12.1 Å². The molecule has 2 aromatic heterocycles. The summed E-state index contributed by atoms with van der Waals surface area (Å²) in [4.78, 5) is 14.5. The van der Waals surface area contributed by atoms with Gasteiger partial charge in [0.05, 0.1) is 17.9 Å². The molecule has 0 radical (unpaired) electrons. The number of carbonyl (C=O) groups is 1. The van der Waals surface area contributed by atoms with E-state index >= 15 is 0 Å². The second kappa shape index (κ2) is 7.11. The van der Waals surface area contributed by atoms with Crippen molar-refractivity contribution in [2.45, 2.75) is 25.4 Å². The minimum absolute atomic E-state index is 0.00108. The molecule has 4 rings (SSSR count). The van der Waals surface area contributed by atoms with E-state index in [1.807, 2.05) is 46.1 Å². The number of thiophene rings is 1. The van der Waals surface area contributed by atoms with Crippen LogP contribution in [0.5, 0.6) is 0 Å². The second-order valence-corrected chi connectivity index (χ2v) is 6.98. The number of nitrogens with one attached hydrogen (secondary N) is 1. The summed E-state index contributed by atoms with van der Waals surface area (Å²) in [5, 5.41) is 11.6. The van der Waals surface area contributed by atoms with Gasteiger partial charge in [-0.25, -0.2) is 9.48 Å². The number of amides is 2.